The third kappa shape index (κ3) is 8.86. The van der Waals surface area contributed by atoms with Crippen LogP contribution in [0.1, 0.15) is 81.4 Å². The highest BCUT2D eigenvalue weighted by molar-refractivity contribution is 6.08. The summed E-state index contributed by atoms with van der Waals surface area (Å²) in [6, 6.07) is 24.5. The van der Waals surface area contributed by atoms with Crippen LogP contribution < -0.4 is 20.9 Å². The van der Waals surface area contributed by atoms with Gasteiger partial charge in [0.1, 0.15) is 0 Å². The molecule has 1 fully saturated rings. The molecule has 6 rings (SSSR count). The fraction of sp³-hybridized carbons (Fsp3) is 0.381. The molecule has 0 spiro atoms. The number of anilines is 2. The van der Waals surface area contributed by atoms with Crippen LogP contribution in [-0.2, 0) is 6.42 Å². The summed E-state index contributed by atoms with van der Waals surface area (Å²) >= 11 is 0. The smallest absolute Gasteiger partial charge is 0.255 e. The van der Waals surface area contributed by atoms with Crippen molar-refractivity contribution in [3.05, 3.63) is 113 Å². The second-order valence-electron chi connectivity index (χ2n) is 13.7. The number of fused-ring (bicyclic) bond motifs is 1. The molecule has 10 nitrogen and oxygen atoms in total. The first-order valence-electron chi connectivity index (χ1n) is 18.7. The lowest BCUT2D eigenvalue weighted by Gasteiger charge is -2.26. The van der Waals surface area contributed by atoms with Gasteiger partial charge in [0.2, 0.25) is 0 Å². The van der Waals surface area contributed by atoms with Crippen LogP contribution in [-0.4, -0.2) is 91.9 Å². The summed E-state index contributed by atoms with van der Waals surface area (Å²) in [5.74, 6) is -0.621. The zero-order chi connectivity index (χ0) is 36.5. The number of carbonyl (C=O) groups excluding carboxylic acids is 3. The standard InChI is InChI=1S/C42H51N7O3/c1-4-49(5-2)34-17-18-38(46-40(50)31-13-8-14-33(27-31)42(52)47(3)25-26-48-23-10-20-43-22-24-48)36(29-34)39-28-32(19-21-44-39)41(51)45-37-16-9-12-30-11-6-7-15-35(30)37/h6-8,11,13-15,17-19,21,27-29,37,43H,4-5,9-10,12,16,20,22-26H2,1-3H3,(H,45,51)(H,46,50). The summed E-state index contributed by atoms with van der Waals surface area (Å²) in [4.78, 5) is 51.8. The number of pyridine rings is 1. The Labute approximate surface area is 307 Å². The molecule has 0 bridgehead atoms. The highest BCUT2D eigenvalue weighted by Gasteiger charge is 2.23. The molecule has 1 unspecified atom stereocenters. The van der Waals surface area contributed by atoms with Crippen LogP contribution in [0.15, 0.2) is 85.1 Å². The largest absolute Gasteiger partial charge is 0.372 e. The van der Waals surface area contributed by atoms with Crippen molar-refractivity contribution in [2.24, 2.45) is 0 Å². The number of hydrogen-bond acceptors (Lipinski definition) is 7. The molecule has 2 heterocycles. The molecule has 1 saturated heterocycles. The quantitative estimate of drug-likeness (QED) is 0.166. The average molecular weight is 702 g/mol. The van der Waals surface area contributed by atoms with E-state index in [0.29, 0.717) is 40.2 Å². The summed E-state index contributed by atoms with van der Waals surface area (Å²) in [6.45, 7) is 11.2. The number of amides is 3. The maximum absolute atomic E-state index is 13.8. The van der Waals surface area contributed by atoms with Crippen LogP contribution in [0, 0.1) is 0 Å². The number of aromatic nitrogens is 1. The molecule has 0 saturated carbocycles. The van der Waals surface area contributed by atoms with Crippen molar-refractivity contribution in [1.29, 1.82) is 0 Å². The van der Waals surface area contributed by atoms with Crippen LogP contribution in [0.4, 0.5) is 11.4 Å². The van der Waals surface area contributed by atoms with Crippen molar-refractivity contribution in [3.8, 4) is 11.3 Å². The molecule has 1 aliphatic carbocycles. The first kappa shape index (κ1) is 36.7. The first-order chi connectivity index (χ1) is 25.3. The molecule has 3 amide bonds. The summed E-state index contributed by atoms with van der Waals surface area (Å²) in [6.07, 6.45) is 5.68. The number of benzene rings is 3. The number of carbonyl (C=O) groups is 3. The van der Waals surface area contributed by atoms with E-state index in [-0.39, 0.29) is 23.8 Å². The van der Waals surface area contributed by atoms with Crippen LogP contribution in [0.5, 0.6) is 0 Å². The van der Waals surface area contributed by atoms with E-state index in [4.69, 9.17) is 0 Å². The third-order valence-corrected chi connectivity index (χ3v) is 10.3. The van der Waals surface area contributed by atoms with Gasteiger partial charge in [0, 0.05) is 80.5 Å². The summed E-state index contributed by atoms with van der Waals surface area (Å²) in [5, 5.41) is 9.76. The Morgan fingerprint density at radius 1 is 0.865 bits per heavy atom. The third-order valence-electron chi connectivity index (χ3n) is 10.3. The molecule has 2 aliphatic rings. The van der Waals surface area contributed by atoms with Gasteiger partial charge in [-0.3, -0.25) is 19.4 Å². The lowest BCUT2D eigenvalue weighted by Crippen LogP contribution is -2.37. The maximum Gasteiger partial charge on any atom is 0.255 e. The highest BCUT2D eigenvalue weighted by Crippen LogP contribution is 2.33. The monoisotopic (exact) mass is 701 g/mol. The van der Waals surface area contributed by atoms with Crippen molar-refractivity contribution in [2.75, 3.05) is 69.6 Å². The Hall–Kier alpha value is -5.06. The number of likely N-dealkylation sites (N-methyl/N-ethyl adjacent to an activating group) is 1. The number of hydrogen-bond donors (Lipinski definition) is 3. The van der Waals surface area contributed by atoms with Crippen LogP contribution in [0.3, 0.4) is 0 Å². The fourth-order valence-corrected chi connectivity index (χ4v) is 7.23. The zero-order valence-electron chi connectivity index (χ0n) is 30.7. The van der Waals surface area contributed by atoms with Crippen molar-refractivity contribution in [2.45, 2.75) is 45.6 Å². The van der Waals surface area contributed by atoms with E-state index in [2.05, 4.69) is 56.7 Å². The van der Waals surface area contributed by atoms with Gasteiger partial charge in [0.15, 0.2) is 0 Å². The van der Waals surface area contributed by atoms with E-state index in [1.807, 2.05) is 37.4 Å². The van der Waals surface area contributed by atoms with Crippen LogP contribution in [0.2, 0.25) is 0 Å². The van der Waals surface area contributed by atoms with E-state index < -0.39 is 0 Å². The van der Waals surface area contributed by atoms with E-state index in [0.717, 1.165) is 77.2 Å². The minimum Gasteiger partial charge on any atom is -0.372 e. The van der Waals surface area contributed by atoms with Crippen LogP contribution in [0.25, 0.3) is 11.3 Å². The minimum absolute atomic E-state index is 0.0471. The molecule has 272 valence electrons. The molecule has 1 atom stereocenters. The van der Waals surface area contributed by atoms with Gasteiger partial charge in [0.25, 0.3) is 17.7 Å². The Morgan fingerprint density at radius 2 is 1.67 bits per heavy atom. The molecule has 1 aromatic heterocycles. The summed E-state index contributed by atoms with van der Waals surface area (Å²) in [7, 11) is 1.81. The van der Waals surface area contributed by atoms with Crippen molar-refractivity contribution in [3.63, 3.8) is 0 Å². The van der Waals surface area contributed by atoms with Gasteiger partial charge in [-0.2, -0.15) is 0 Å². The number of nitrogens with one attached hydrogen (secondary N) is 3. The predicted octanol–water partition coefficient (Wildman–Crippen LogP) is 6.02. The van der Waals surface area contributed by atoms with Crippen molar-refractivity contribution >= 4 is 29.1 Å². The lowest BCUT2D eigenvalue weighted by atomic mass is 9.87. The SMILES string of the molecule is CCN(CC)c1ccc(NC(=O)c2cccc(C(=O)N(C)CCN3CCCNCC3)c2)c(-c2cc(C(=O)NC3CCCc4ccccc43)ccn2)c1. The molecule has 3 aromatic carbocycles. The van der Waals surface area contributed by atoms with Gasteiger partial charge in [-0.1, -0.05) is 30.3 Å². The van der Waals surface area contributed by atoms with Crippen LogP contribution >= 0.6 is 0 Å². The van der Waals surface area contributed by atoms with Gasteiger partial charge in [-0.15, -0.1) is 0 Å². The minimum atomic E-state index is -0.337. The predicted molar refractivity (Wildman–Crippen MR) is 208 cm³/mol. The molecule has 3 N–H and O–H groups in total. The fourth-order valence-electron chi connectivity index (χ4n) is 7.23. The molecule has 52 heavy (non-hydrogen) atoms. The maximum atomic E-state index is 13.8. The van der Waals surface area contributed by atoms with Crippen molar-refractivity contribution < 1.29 is 14.4 Å². The number of rotatable bonds is 12. The average Bonchev–Trinajstić information content (AvgIpc) is 3.47. The molecular formula is C42H51N7O3. The summed E-state index contributed by atoms with van der Waals surface area (Å²) < 4.78 is 0. The van der Waals surface area contributed by atoms with Gasteiger partial charge < -0.3 is 30.7 Å². The van der Waals surface area contributed by atoms with Gasteiger partial charge >= 0.3 is 0 Å². The molecule has 0 radical (unpaired) electrons. The van der Waals surface area contributed by atoms with Crippen molar-refractivity contribution in [1.82, 2.24) is 25.4 Å². The van der Waals surface area contributed by atoms with Gasteiger partial charge in [0.05, 0.1) is 17.4 Å². The highest BCUT2D eigenvalue weighted by atomic mass is 16.2. The summed E-state index contributed by atoms with van der Waals surface area (Å²) in [5.41, 5.74) is 6.63. The van der Waals surface area contributed by atoms with E-state index in [9.17, 15) is 14.4 Å². The molecule has 4 aromatic rings. The van der Waals surface area contributed by atoms with E-state index in [1.165, 1.54) is 11.1 Å². The van der Waals surface area contributed by atoms with E-state index in [1.54, 1.807) is 47.5 Å². The normalized spacial score (nSPS) is 15.9. The topological polar surface area (TPSA) is 110 Å². The lowest BCUT2D eigenvalue weighted by molar-refractivity contribution is 0.0778. The zero-order valence-corrected chi connectivity index (χ0v) is 30.7. The van der Waals surface area contributed by atoms with Gasteiger partial charge in [-0.05, 0) is 112 Å². The Morgan fingerprint density at radius 3 is 2.52 bits per heavy atom. The number of aryl methyl sites for hydroxylation is 1. The molecule has 1 aliphatic heterocycles. The Bertz CT molecular complexity index is 1870. The molecular weight excluding hydrogens is 651 g/mol. The Kier molecular flexibility index (Phi) is 12.3. The second-order valence-corrected chi connectivity index (χ2v) is 13.7. The number of nitrogens with zero attached hydrogens (tertiary/aromatic N) is 4. The first-order valence-corrected chi connectivity index (χ1v) is 18.7. The van der Waals surface area contributed by atoms with Gasteiger partial charge in [-0.25, -0.2) is 0 Å². The van der Waals surface area contributed by atoms with E-state index >= 15 is 0 Å². The molecule has 10 heteroatoms. The second kappa shape index (κ2) is 17.4. The Balaban J connectivity index is 1.21.